The van der Waals surface area contributed by atoms with Crippen LogP contribution in [0.5, 0.6) is 0 Å². The molecule has 0 aliphatic rings. The zero-order chi connectivity index (χ0) is 12.8. The summed E-state index contributed by atoms with van der Waals surface area (Å²) in [6.45, 7) is 0.770. The average Bonchev–Trinajstić information content (AvgIpc) is 2.29. The van der Waals surface area contributed by atoms with E-state index in [1.807, 2.05) is 0 Å². The van der Waals surface area contributed by atoms with Crippen LogP contribution < -0.4 is 0 Å². The predicted molar refractivity (Wildman–Crippen MR) is 61.8 cm³/mol. The van der Waals surface area contributed by atoms with Crippen LogP contribution in [0.25, 0.3) is 0 Å². The topological polar surface area (TPSA) is 66.8 Å². The highest BCUT2D eigenvalue weighted by Gasteiger charge is 2.07. The van der Waals surface area contributed by atoms with E-state index >= 15 is 0 Å². The second kappa shape index (κ2) is 6.00. The summed E-state index contributed by atoms with van der Waals surface area (Å²) in [6.07, 6.45) is 0. The van der Waals surface area contributed by atoms with E-state index in [9.17, 15) is 9.59 Å². The van der Waals surface area contributed by atoms with Crippen molar-refractivity contribution in [1.29, 1.82) is 0 Å². The van der Waals surface area contributed by atoms with Crippen LogP contribution in [0, 0.1) is 0 Å². The number of benzene rings is 1. The van der Waals surface area contributed by atoms with Gasteiger partial charge in [-0.2, -0.15) is 0 Å². The molecule has 0 saturated carbocycles. The van der Waals surface area contributed by atoms with Crippen molar-refractivity contribution < 1.29 is 19.4 Å². The number of nitrogens with zero attached hydrogens (tertiary/aromatic N) is 1. The van der Waals surface area contributed by atoms with Gasteiger partial charge in [0.2, 0.25) is 0 Å². The lowest BCUT2D eigenvalue weighted by atomic mass is 10.1. The molecule has 17 heavy (non-hydrogen) atoms. The summed E-state index contributed by atoms with van der Waals surface area (Å²) in [4.78, 5) is 23.5. The number of carbonyl (C=O) groups is 2. The fourth-order valence-electron chi connectivity index (χ4n) is 1.41. The lowest BCUT2D eigenvalue weighted by Gasteiger charge is -2.14. The van der Waals surface area contributed by atoms with Crippen molar-refractivity contribution in [2.45, 2.75) is 6.54 Å². The zero-order valence-corrected chi connectivity index (χ0v) is 9.84. The van der Waals surface area contributed by atoms with E-state index in [1.165, 1.54) is 7.11 Å². The first-order valence-electron chi connectivity index (χ1n) is 5.10. The summed E-state index contributed by atoms with van der Waals surface area (Å²) in [5.41, 5.74) is 1.20. The van der Waals surface area contributed by atoms with E-state index in [0.29, 0.717) is 6.54 Å². The monoisotopic (exact) mass is 237 g/mol. The molecule has 0 unspecified atom stereocenters. The SMILES string of the molecule is COC(=O)CN(C)Cc1ccc(C(=O)O)cc1. The van der Waals surface area contributed by atoms with E-state index in [1.54, 1.807) is 36.2 Å². The summed E-state index contributed by atoms with van der Waals surface area (Å²) in [6, 6.07) is 6.56. The number of ether oxygens (including phenoxy) is 1. The van der Waals surface area contributed by atoms with Gasteiger partial charge in [-0.1, -0.05) is 12.1 Å². The number of carboxylic acid groups (broad SMARTS) is 1. The first kappa shape index (κ1) is 13.2. The maximum atomic E-state index is 11.0. The Kier molecular flexibility index (Phi) is 4.66. The molecule has 0 aromatic heterocycles. The van der Waals surface area contributed by atoms with E-state index in [4.69, 9.17) is 5.11 Å². The van der Waals surface area contributed by atoms with Crippen molar-refractivity contribution in [3.63, 3.8) is 0 Å². The van der Waals surface area contributed by atoms with E-state index in [-0.39, 0.29) is 18.1 Å². The van der Waals surface area contributed by atoms with Crippen molar-refractivity contribution in [2.24, 2.45) is 0 Å². The minimum atomic E-state index is -0.945. The summed E-state index contributed by atoms with van der Waals surface area (Å²) in [5.74, 6) is -1.24. The minimum Gasteiger partial charge on any atom is -0.478 e. The predicted octanol–water partition coefficient (Wildman–Crippen LogP) is 0.990. The minimum absolute atomic E-state index is 0.206. The first-order chi connectivity index (χ1) is 8.02. The molecular weight excluding hydrogens is 222 g/mol. The molecule has 1 rings (SSSR count). The number of hydrogen-bond donors (Lipinski definition) is 1. The molecule has 92 valence electrons. The van der Waals surface area contributed by atoms with Crippen molar-refractivity contribution in [3.8, 4) is 0 Å². The van der Waals surface area contributed by atoms with Crippen molar-refractivity contribution in [3.05, 3.63) is 35.4 Å². The van der Waals surface area contributed by atoms with Gasteiger partial charge in [0.15, 0.2) is 0 Å². The van der Waals surface area contributed by atoms with Crippen LogP contribution in [0.4, 0.5) is 0 Å². The van der Waals surface area contributed by atoms with Gasteiger partial charge in [0, 0.05) is 6.54 Å². The third kappa shape index (κ3) is 4.24. The molecular formula is C12H15NO4. The van der Waals surface area contributed by atoms with Gasteiger partial charge >= 0.3 is 11.9 Å². The number of esters is 1. The molecule has 5 heteroatoms. The Morgan fingerprint density at radius 3 is 2.35 bits per heavy atom. The molecule has 0 aliphatic carbocycles. The molecule has 0 saturated heterocycles. The van der Waals surface area contributed by atoms with Gasteiger partial charge in [0.05, 0.1) is 19.2 Å². The number of carboxylic acids is 1. The van der Waals surface area contributed by atoms with Crippen LogP contribution in [0.15, 0.2) is 24.3 Å². The van der Waals surface area contributed by atoms with Gasteiger partial charge < -0.3 is 9.84 Å². The standard InChI is InChI=1S/C12H15NO4/c1-13(8-11(14)17-2)7-9-3-5-10(6-4-9)12(15)16/h3-6H,7-8H2,1-2H3,(H,15,16). The number of methoxy groups -OCH3 is 1. The third-order valence-electron chi connectivity index (χ3n) is 2.28. The van der Waals surface area contributed by atoms with Gasteiger partial charge in [-0.05, 0) is 24.7 Å². The van der Waals surface area contributed by atoms with Crippen molar-refractivity contribution >= 4 is 11.9 Å². The van der Waals surface area contributed by atoms with Crippen LogP contribution in [0.2, 0.25) is 0 Å². The number of hydrogen-bond acceptors (Lipinski definition) is 4. The highest BCUT2D eigenvalue weighted by Crippen LogP contribution is 2.06. The van der Waals surface area contributed by atoms with Crippen molar-refractivity contribution in [2.75, 3.05) is 20.7 Å². The van der Waals surface area contributed by atoms with Gasteiger partial charge in [0.25, 0.3) is 0 Å². The number of carbonyl (C=O) groups excluding carboxylic acids is 1. The quantitative estimate of drug-likeness (QED) is 0.773. The Bertz CT molecular complexity index is 399. The van der Waals surface area contributed by atoms with Crippen LogP contribution in [-0.4, -0.2) is 42.6 Å². The van der Waals surface area contributed by atoms with E-state index in [0.717, 1.165) is 5.56 Å². The molecule has 1 aromatic carbocycles. The summed E-state index contributed by atoms with van der Waals surface area (Å²) in [7, 11) is 3.14. The second-order valence-corrected chi connectivity index (χ2v) is 3.75. The Morgan fingerprint density at radius 1 is 1.29 bits per heavy atom. The summed E-state index contributed by atoms with van der Waals surface area (Å²) < 4.78 is 4.55. The molecule has 0 amide bonds. The van der Waals surface area contributed by atoms with Gasteiger partial charge in [-0.25, -0.2) is 4.79 Å². The van der Waals surface area contributed by atoms with Crippen molar-refractivity contribution in [1.82, 2.24) is 4.90 Å². The molecule has 0 aliphatic heterocycles. The molecule has 0 spiro atoms. The normalized spacial score (nSPS) is 10.3. The Hall–Kier alpha value is -1.88. The molecule has 1 aromatic rings. The van der Waals surface area contributed by atoms with Gasteiger partial charge in [0.1, 0.15) is 0 Å². The molecule has 0 fully saturated rings. The molecule has 0 radical (unpaired) electrons. The number of rotatable bonds is 5. The summed E-state index contributed by atoms with van der Waals surface area (Å²) >= 11 is 0. The first-order valence-corrected chi connectivity index (χ1v) is 5.10. The van der Waals surface area contributed by atoms with Crippen LogP contribution in [-0.2, 0) is 16.1 Å². The maximum Gasteiger partial charge on any atom is 0.335 e. The Morgan fingerprint density at radius 2 is 1.88 bits per heavy atom. The zero-order valence-electron chi connectivity index (χ0n) is 9.84. The van der Waals surface area contributed by atoms with Crippen LogP contribution in [0.1, 0.15) is 15.9 Å². The largest absolute Gasteiger partial charge is 0.478 e. The number of aromatic carboxylic acids is 1. The fraction of sp³-hybridized carbons (Fsp3) is 0.333. The van der Waals surface area contributed by atoms with E-state index < -0.39 is 5.97 Å². The fourth-order valence-corrected chi connectivity index (χ4v) is 1.41. The second-order valence-electron chi connectivity index (χ2n) is 3.75. The highest BCUT2D eigenvalue weighted by atomic mass is 16.5. The average molecular weight is 237 g/mol. The lowest BCUT2D eigenvalue weighted by Crippen LogP contribution is -2.26. The number of likely N-dealkylation sites (N-methyl/N-ethyl adjacent to an activating group) is 1. The maximum absolute atomic E-state index is 11.0. The van der Waals surface area contributed by atoms with E-state index in [2.05, 4.69) is 4.74 Å². The molecule has 0 heterocycles. The Labute approximate surface area is 99.6 Å². The molecule has 0 atom stereocenters. The van der Waals surface area contributed by atoms with Crippen LogP contribution in [0.3, 0.4) is 0 Å². The molecule has 5 nitrogen and oxygen atoms in total. The van der Waals surface area contributed by atoms with Crippen LogP contribution >= 0.6 is 0 Å². The smallest absolute Gasteiger partial charge is 0.335 e. The Balaban J connectivity index is 2.57. The lowest BCUT2D eigenvalue weighted by molar-refractivity contribution is -0.141. The van der Waals surface area contributed by atoms with Gasteiger partial charge in [-0.15, -0.1) is 0 Å². The summed E-state index contributed by atoms with van der Waals surface area (Å²) in [5, 5.41) is 8.74. The highest BCUT2D eigenvalue weighted by molar-refractivity contribution is 5.87. The van der Waals surface area contributed by atoms with Gasteiger partial charge in [-0.3, -0.25) is 9.69 Å². The molecule has 0 bridgehead atoms. The third-order valence-corrected chi connectivity index (χ3v) is 2.28. The molecule has 1 N–H and O–H groups in total.